The molecular formula is C22H22N4O2. The molecule has 3 N–H and O–H groups in total. The van der Waals surface area contributed by atoms with Gasteiger partial charge in [-0.05, 0) is 61.4 Å². The summed E-state index contributed by atoms with van der Waals surface area (Å²) in [6, 6.07) is 16.6. The molecule has 0 aliphatic heterocycles. The second-order valence-electron chi connectivity index (χ2n) is 6.59. The number of nitrogens with zero attached hydrogens (tertiary/aromatic N) is 1. The van der Waals surface area contributed by atoms with E-state index in [-0.39, 0.29) is 11.8 Å². The van der Waals surface area contributed by atoms with Crippen molar-refractivity contribution < 1.29 is 9.59 Å². The number of pyridine rings is 1. The number of benzene rings is 2. The highest BCUT2D eigenvalue weighted by Gasteiger charge is 2.09. The summed E-state index contributed by atoms with van der Waals surface area (Å²) in [6.07, 6.45) is 1.63. The van der Waals surface area contributed by atoms with Crippen LogP contribution in [0.2, 0.25) is 0 Å². The summed E-state index contributed by atoms with van der Waals surface area (Å²) < 4.78 is 0. The van der Waals surface area contributed by atoms with Crippen molar-refractivity contribution in [1.82, 2.24) is 4.98 Å². The molecule has 2 amide bonds. The molecule has 3 aromatic rings. The Kier molecular flexibility index (Phi) is 5.69. The third-order valence-electron chi connectivity index (χ3n) is 4.11. The number of hydrogen-bond acceptors (Lipinski definition) is 4. The number of rotatable bonds is 5. The molecule has 0 atom stereocenters. The van der Waals surface area contributed by atoms with Crippen LogP contribution in [0.5, 0.6) is 0 Å². The highest BCUT2D eigenvalue weighted by Crippen LogP contribution is 2.22. The lowest BCUT2D eigenvalue weighted by molar-refractivity contribution is -0.114. The van der Waals surface area contributed by atoms with Crippen LogP contribution in [-0.4, -0.2) is 16.8 Å². The molecule has 1 heterocycles. The number of anilines is 4. The van der Waals surface area contributed by atoms with E-state index in [9.17, 15) is 9.59 Å². The number of carbonyl (C=O) groups is 2. The first kappa shape index (κ1) is 19.1. The van der Waals surface area contributed by atoms with Crippen LogP contribution in [0, 0.1) is 13.8 Å². The van der Waals surface area contributed by atoms with E-state index in [1.807, 2.05) is 19.9 Å². The highest BCUT2D eigenvalue weighted by molar-refractivity contribution is 6.03. The third-order valence-corrected chi connectivity index (χ3v) is 4.11. The second-order valence-corrected chi connectivity index (χ2v) is 6.59. The Hall–Kier alpha value is -3.67. The number of hydrogen-bond donors (Lipinski definition) is 3. The van der Waals surface area contributed by atoms with Crippen molar-refractivity contribution >= 4 is 34.6 Å². The van der Waals surface area contributed by atoms with Gasteiger partial charge in [0.25, 0.3) is 5.91 Å². The first-order valence-electron chi connectivity index (χ1n) is 8.90. The van der Waals surface area contributed by atoms with Crippen molar-refractivity contribution in [1.29, 1.82) is 0 Å². The van der Waals surface area contributed by atoms with E-state index in [1.165, 1.54) is 12.5 Å². The smallest absolute Gasteiger partial charge is 0.274 e. The van der Waals surface area contributed by atoms with Crippen LogP contribution < -0.4 is 16.0 Å². The van der Waals surface area contributed by atoms with E-state index in [2.05, 4.69) is 39.1 Å². The fourth-order valence-electron chi connectivity index (χ4n) is 2.70. The van der Waals surface area contributed by atoms with E-state index < -0.39 is 0 Å². The first-order chi connectivity index (χ1) is 13.4. The topological polar surface area (TPSA) is 83.1 Å². The average Bonchev–Trinajstić information content (AvgIpc) is 2.65. The van der Waals surface area contributed by atoms with Crippen molar-refractivity contribution in [2.24, 2.45) is 0 Å². The number of carbonyl (C=O) groups excluding carboxylic acids is 2. The van der Waals surface area contributed by atoms with Gasteiger partial charge in [0, 0.05) is 24.0 Å². The number of amides is 2. The van der Waals surface area contributed by atoms with Crippen LogP contribution in [0.15, 0.2) is 60.8 Å². The van der Waals surface area contributed by atoms with Gasteiger partial charge in [-0.15, -0.1) is 0 Å². The Balaban J connectivity index is 1.68. The van der Waals surface area contributed by atoms with Crippen LogP contribution in [0.25, 0.3) is 0 Å². The predicted molar refractivity (Wildman–Crippen MR) is 112 cm³/mol. The molecule has 6 heteroatoms. The highest BCUT2D eigenvalue weighted by atomic mass is 16.2. The Morgan fingerprint density at radius 1 is 0.857 bits per heavy atom. The number of nitrogens with one attached hydrogen (secondary N) is 3. The molecule has 142 valence electrons. The maximum Gasteiger partial charge on any atom is 0.274 e. The molecule has 3 rings (SSSR count). The quantitative estimate of drug-likeness (QED) is 0.607. The van der Waals surface area contributed by atoms with E-state index in [0.717, 1.165) is 16.9 Å². The Morgan fingerprint density at radius 3 is 2.29 bits per heavy atom. The number of aromatic nitrogens is 1. The van der Waals surface area contributed by atoms with Crippen molar-refractivity contribution in [3.8, 4) is 0 Å². The fraction of sp³-hybridized carbons (Fsp3) is 0.136. The summed E-state index contributed by atoms with van der Waals surface area (Å²) >= 11 is 0. The molecule has 2 aromatic carbocycles. The van der Waals surface area contributed by atoms with Gasteiger partial charge in [0.2, 0.25) is 5.91 Å². The van der Waals surface area contributed by atoms with E-state index in [4.69, 9.17) is 0 Å². The summed E-state index contributed by atoms with van der Waals surface area (Å²) in [5.74, 6) is -0.490. The van der Waals surface area contributed by atoms with Gasteiger partial charge < -0.3 is 16.0 Å². The molecule has 28 heavy (non-hydrogen) atoms. The molecule has 0 aliphatic rings. The van der Waals surface area contributed by atoms with Gasteiger partial charge in [-0.3, -0.25) is 9.59 Å². The second kappa shape index (κ2) is 8.35. The van der Waals surface area contributed by atoms with E-state index in [0.29, 0.717) is 17.1 Å². The maximum absolute atomic E-state index is 12.4. The fourth-order valence-corrected chi connectivity index (χ4v) is 2.70. The third kappa shape index (κ3) is 4.94. The SMILES string of the molecule is CC(=O)Nc1cccc(NC(=O)c2ccc(Nc3cc(C)ccc3C)cn2)c1. The standard InChI is InChI=1S/C22H22N4O2/c1-14-7-8-15(2)21(11-14)25-19-9-10-20(23-13-19)22(28)26-18-6-4-5-17(12-18)24-16(3)27/h4-13,25H,1-3H3,(H,24,27)(H,26,28). The average molecular weight is 374 g/mol. The maximum atomic E-state index is 12.4. The largest absolute Gasteiger partial charge is 0.354 e. The lowest BCUT2D eigenvalue weighted by Gasteiger charge is -2.11. The molecule has 0 saturated carbocycles. The zero-order valence-corrected chi connectivity index (χ0v) is 16.0. The summed E-state index contributed by atoms with van der Waals surface area (Å²) in [5, 5.41) is 8.79. The summed E-state index contributed by atoms with van der Waals surface area (Å²) in [5.41, 5.74) is 5.61. The molecule has 0 bridgehead atoms. The normalized spacial score (nSPS) is 10.2. The van der Waals surface area contributed by atoms with Crippen LogP contribution >= 0.6 is 0 Å². The molecule has 1 aromatic heterocycles. The van der Waals surface area contributed by atoms with Crippen LogP contribution in [0.4, 0.5) is 22.7 Å². The Labute approximate surface area is 164 Å². The monoisotopic (exact) mass is 374 g/mol. The minimum absolute atomic E-state index is 0.169. The molecule has 0 spiro atoms. The van der Waals surface area contributed by atoms with Crippen molar-refractivity contribution in [3.63, 3.8) is 0 Å². The molecule has 0 radical (unpaired) electrons. The summed E-state index contributed by atoms with van der Waals surface area (Å²) in [6.45, 7) is 5.51. The Morgan fingerprint density at radius 2 is 1.61 bits per heavy atom. The molecule has 6 nitrogen and oxygen atoms in total. The van der Waals surface area contributed by atoms with Crippen molar-refractivity contribution in [2.75, 3.05) is 16.0 Å². The van der Waals surface area contributed by atoms with Gasteiger partial charge in [-0.25, -0.2) is 4.98 Å². The van der Waals surface area contributed by atoms with Gasteiger partial charge >= 0.3 is 0 Å². The van der Waals surface area contributed by atoms with Crippen LogP contribution in [-0.2, 0) is 4.79 Å². The first-order valence-corrected chi connectivity index (χ1v) is 8.90. The number of aryl methyl sites for hydroxylation is 2. The van der Waals surface area contributed by atoms with E-state index >= 15 is 0 Å². The molecule has 0 unspecified atom stereocenters. The lowest BCUT2D eigenvalue weighted by atomic mass is 10.1. The van der Waals surface area contributed by atoms with E-state index in [1.54, 1.807) is 36.5 Å². The van der Waals surface area contributed by atoms with Gasteiger partial charge in [-0.2, -0.15) is 0 Å². The van der Waals surface area contributed by atoms with Crippen molar-refractivity contribution in [3.05, 3.63) is 77.6 Å². The Bertz CT molecular complexity index is 1010. The minimum Gasteiger partial charge on any atom is -0.354 e. The van der Waals surface area contributed by atoms with Gasteiger partial charge in [0.1, 0.15) is 5.69 Å². The van der Waals surface area contributed by atoms with Gasteiger partial charge in [-0.1, -0.05) is 18.2 Å². The molecule has 0 aliphatic carbocycles. The molecule has 0 fully saturated rings. The van der Waals surface area contributed by atoms with Gasteiger partial charge in [0.15, 0.2) is 0 Å². The lowest BCUT2D eigenvalue weighted by Crippen LogP contribution is -2.14. The summed E-state index contributed by atoms with van der Waals surface area (Å²) in [7, 11) is 0. The van der Waals surface area contributed by atoms with Crippen LogP contribution in [0.1, 0.15) is 28.5 Å². The molecular weight excluding hydrogens is 352 g/mol. The predicted octanol–water partition coefficient (Wildman–Crippen LogP) is 4.65. The van der Waals surface area contributed by atoms with Gasteiger partial charge in [0.05, 0.1) is 11.9 Å². The minimum atomic E-state index is -0.321. The van der Waals surface area contributed by atoms with Crippen molar-refractivity contribution in [2.45, 2.75) is 20.8 Å². The summed E-state index contributed by atoms with van der Waals surface area (Å²) in [4.78, 5) is 27.8. The zero-order chi connectivity index (χ0) is 20.1. The zero-order valence-electron chi connectivity index (χ0n) is 16.0. The van der Waals surface area contributed by atoms with Crippen LogP contribution in [0.3, 0.4) is 0 Å². The molecule has 0 saturated heterocycles.